The molecular formula is C11H8Cl2N2O. The predicted molar refractivity (Wildman–Crippen MR) is 62.6 cm³/mol. The maximum absolute atomic E-state index is 10.1. The molecule has 0 aliphatic carbocycles. The van der Waals surface area contributed by atoms with E-state index in [4.69, 9.17) is 23.2 Å². The predicted octanol–water partition coefficient (Wildman–Crippen LogP) is 2.87. The lowest BCUT2D eigenvalue weighted by molar-refractivity contribution is 0.219. The Bertz CT molecular complexity index is 491. The fraction of sp³-hybridized carbons (Fsp3) is 0.0909. The van der Waals surface area contributed by atoms with Gasteiger partial charge in [0.15, 0.2) is 0 Å². The Kier molecular flexibility index (Phi) is 3.39. The van der Waals surface area contributed by atoms with E-state index in [-0.39, 0.29) is 0 Å². The van der Waals surface area contributed by atoms with Gasteiger partial charge in [0.25, 0.3) is 0 Å². The summed E-state index contributed by atoms with van der Waals surface area (Å²) in [6, 6.07) is 6.81. The van der Waals surface area contributed by atoms with Crippen molar-refractivity contribution in [1.82, 2.24) is 10.2 Å². The minimum atomic E-state index is -0.846. The van der Waals surface area contributed by atoms with Crippen molar-refractivity contribution in [2.24, 2.45) is 0 Å². The number of halogens is 2. The second-order valence-electron chi connectivity index (χ2n) is 3.22. The van der Waals surface area contributed by atoms with Crippen LogP contribution in [0.1, 0.15) is 17.2 Å². The molecule has 0 spiro atoms. The van der Waals surface area contributed by atoms with Crippen LogP contribution in [-0.4, -0.2) is 15.3 Å². The Balaban J connectivity index is 2.42. The first-order valence-corrected chi connectivity index (χ1v) is 5.34. The molecule has 16 heavy (non-hydrogen) atoms. The van der Waals surface area contributed by atoms with Gasteiger partial charge in [-0.2, -0.15) is 10.2 Å². The zero-order valence-electron chi connectivity index (χ0n) is 8.14. The maximum atomic E-state index is 10.1. The smallest absolute Gasteiger partial charge is 0.107 e. The maximum Gasteiger partial charge on any atom is 0.107 e. The molecule has 0 saturated heterocycles. The minimum Gasteiger partial charge on any atom is -0.384 e. The van der Waals surface area contributed by atoms with Gasteiger partial charge in [-0.25, -0.2) is 0 Å². The molecule has 0 saturated carbocycles. The molecule has 2 aromatic rings. The summed E-state index contributed by atoms with van der Waals surface area (Å²) in [6.07, 6.45) is 2.15. The van der Waals surface area contributed by atoms with Crippen LogP contribution in [0.4, 0.5) is 0 Å². The summed E-state index contributed by atoms with van der Waals surface area (Å²) in [4.78, 5) is 0. The van der Waals surface area contributed by atoms with Crippen molar-refractivity contribution in [2.45, 2.75) is 6.10 Å². The van der Waals surface area contributed by atoms with Crippen LogP contribution in [0.3, 0.4) is 0 Å². The van der Waals surface area contributed by atoms with Gasteiger partial charge in [-0.05, 0) is 12.1 Å². The molecule has 0 aliphatic heterocycles. The number of aliphatic hydroxyl groups excluding tert-OH is 1. The Morgan fingerprint density at radius 2 is 1.94 bits per heavy atom. The third-order valence-electron chi connectivity index (χ3n) is 2.20. The molecular weight excluding hydrogens is 247 g/mol. The molecule has 1 atom stereocenters. The fourth-order valence-corrected chi connectivity index (χ4v) is 1.79. The van der Waals surface area contributed by atoms with E-state index in [0.29, 0.717) is 21.2 Å². The third kappa shape index (κ3) is 2.16. The first-order chi connectivity index (χ1) is 7.70. The highest BCUT2D eigenvalue weighted by Gasteiger charge is 2.15. The van der Waals surface area contributed by atoms with Gasteiger partial charge in [0.05, 0.1) is 16.2 Å². The van der Waals surface area contributed by atoms with Gasteiger partial charge in [-0.15, -0.1) is 0 Å². The van der Waals surface area contributed by atoms with Crippen molar-refractivity contribution in [2.75, 3.05) is 0 Å². The molecule has 3 nitrogen and oxygen atoms in total. The molecule has 2 rings (SSSR count). The zero-order valence-corrected chi connectivity index (χ0v) is 9.65. The van der Waals surface area contributed by atoms with Crippen molar-refractivity contribution >= 4 is 23.2 Å². The second kappa shape index (κ2) is 4.78. The van der Waals surface area contributed by atoms with Gasteiger partial charge in [0.1, 0.15) is 6.10 Å². The van der Waals surface area contributed by atoms with Crippen LogP contribution < -0.4 is 0 Å². The van der Waals surface area contributed by atoms with Crippen LogP contribution >= 0.6 is 23.2 Å². The van der Waals surface area contributed by atoms with Crippen molar-refractivity contribution < 1.29 is 5.11 Å². The Labute approximate surface area is 103 Å². The van der Waals surface area contributed by atoms with Crippen LogP contribution in [0.25, 0.3) is 0 Å². The van der Waals surface area contributed by atoms with E-state index in [1.54, 1.807) is 24.3 Å². The number of hydrogen-bond donors (Lipinski definition) is 1. The average molecular weight is 255 g/mol. The van der Waals surface area contributed by atoms with Gasteiger partial charge >= 0.3 is 0 Å². The van der Waals surface area contributed by atoms with Crippen LogP contribution in [0.5, 0.6) is 0 Å². The SMILES string of the molecule is OC(c1ccnnc1)c1cccc(Cl)c1Cl. The number of rotatable bonds is 2. The van der Waals surface area contributed by atoms with Crippen LogP contribution in [0.2, 0.25) is 10.0 Å². The van der Waals surface area contributed by atoms with Crippen molar-refractivity contribution in [3.8, 4) is 0 Å². The first kappa shape index (κ1) is 11.3. The summed E-state index contributed by atoms with van der Waals surface area (Å²) in [5, 5.41) is 18.2. The molecule has 1 unspecified atom stereocenters. The molecule has 1 heterocycles. The minimum absolute atomic E-state index is 0.355. The number of aliphatic hydroxyl groups is 1. The molecule has 1 aromatic carbocycles. The lowest BCUT2D eigenvalue weighted by Crippen LogP contribution is -2.01. The summed E-state index contributed by atoms with van der Waals surface area (Å²) < 4.78 is 0. The number of aromatic nitrogens is 2. The Morgan fingerprint density at radius 1 is 1.12 bits per heavy atom. The standard InChI is InChI=1S/C11H8Cl2N2O/c12-9-3-1-2-8(10(9)13)11(16)7-4-5-14-15-6-7/h1-6,11,16H. The molecule has 0 radical (unpaired) electrons. The topological polar surface area (TPSA) is 46.0 Å². The largest absolute Gasteiger partial charge is 0.384 e. The quantitative estimate of drug-likeness (QED) is 0.897. The van der Waals surface area contributed by atoms with Gasteiger partial charge in [-0.3, -0.25) is 0 Å². The monoisotopic (exact) mass is 254 g/mol. The normalized spacial score (nSPS) is 12.4. The highest BCUT2D eigenvalue weighted by molar-refractivity contribution is 6.42. The summed E-state index contributed by atoms with van der Waals surface area (Å²) in [7, 11) is 0. The van der Waals surface area contributed by atoms with Crippen LogP contribution in [0.15, 0.2) is 36.7 Å². The van der Waals surface area contributed by atoms with Gasteiger partial charge < -0.3 is 5.11 Å². The summed E-state index contributed by atoms with van der Waals surface area (Å²) >= 11 is 11.9. The number of nitrogens with zero attached hydrogens (tertiary/aromatic N) is 2. The van der Waals surface area contributed by atoms with Gasteiger partial charge in [0.2, 0.25) is 0 Å². The average Bonchev–Trinajstić information content (AvgIpc) is 2.33. The molecule has 1 N–H and O–H groups in total. The summed E-state index contributed by atoms with van der Waals surface area (Å²) in [5.74, 6) is 0. The lowest BCUT2D eigenvalue weighted by Gasteiger charge is -2.12. The molecule has 0 fully saturated rings. The van der Waals surface area contributed by atoms with E-state index in [0.717, 1.165) is 0 Å². The van der Waals surface area contributed by atoms with Gasteiger partial charge in [0, 0.05) is 17.3 Å². The molecule has 1 aromatic heterocycles. The van der Waals surface area contributed by atoms with Gasteiger partial charge in [-0.1, -0.05) is 35.3 Å². The van der Waals surface area contributed by atoms with E-state index >= 15 is 0 Å². The first-order valence-electron chi connectivity index (χ1n) is 4.58. The Morgan fingerprint density at radius 3 is 2.62 bits per heavy atom. The highest BCUT2D eigenvalue weighted by Crippen LogP contribution is 2.32. The van der Waals surface area contributed by atoms with E-state index in [9.17, 15) is 5.11 Å². The highest BCUT2D eigenvalue weighted by atomic mass is 35.5. The summed E-state index contributed by atoms with van der Waals surface area (Å²) in [5.41, 5.74) is 1.18. The van der Waals surface area contributed by atoms with E-state index in [1.165, 1.54) is 12.4 Å². The molecule has 82 valence electrons. The number of hydrogen-bond acceptors (Lipinski definition) is 3. The Hall–Kier alpha value is -1.16. The second-order valence-corrected chi connectivity index (χ2v) is 4.01. The molecule has 0 amide bonds. The zero-order chi connectivity index (χ0) is 11.5. The summed E-state index contributed by atoms with van der Waals surface area (Å²) in [6.45, 7) is 0. The van der Waals surface area contributed by atoms with Crippen molar-refractivity contribution in [3.05, 3.63) is 57.8 Å². The molecule has 0 aliphatic rings. The van der Waals surface area contributed by atoms with E-state index in [1.807, 2.05) is 0 Å². The van der Waals surface area contributed by atoms with Crippen LogP contribution in [-0.2, 0) is 0 Å². The van der Waals surface area contributed by atoms with Crippen LogP contribution in [0, 0.1) is 0 Å². The fourth-order valence-electron chi connectivity index (χ4n) is 1.37. The lowest BCUT2D eigenvalue weighted by atomic mass is 10.0. The van der Waals surface area contributed by atoms with Crippen molar-refractivity contribution in [3.63, 3.8) is 0 Å². The number of benzene rings is 1. The van der Waals surface area contributed by atoms with E-state index in [2.05, 4.69) is 10.2 Å². The third-order valence-corrected chi connectivity index (χ3v) is 3.03. The van der Waals surface area contributed by atoms with E-state index < -0.39 is 6.10 Å². The molecule has 0 bridgehead atoms. The molecule has 5 heteroatoms. The van der Waals surface area contributed by atoms with Crippen molar-refractivity contribution in [1.29, 1.82) is 0 Å².